The molecule has 0 atom stereocenters. The van der Waals surface area contributed by atoms with Crippen molar-refractivity contribution >= 4 is 5.91 Å². The standard InChI is InChI=1S/C13H19FN2O2/c1-9(2)6-16(8-13(15)18)7-10-3-4-12(17)11(14)5-10/h3-5,9,17H,6-8H2,1-2H3,(H2,15,18). The second kappa shape index (κ2) is 6.35. The number of benzene rings is 1. The number of nitrogens with two attached hydrogens (primary N) is 1. The third-order valence-electron chi connectivity index (χ3n) is 2.42. The molecule has 0 bridgehead atoms. The molecule has 0 aliphatic rings. The summed E-state index contributed by atoms with van der Waals surface area (Å²) in [4.78, 5) is 12.8. The number of carbonyl (C=O) groups is 1. The number of amides is 1. The summed E-state index contributed by atoms with van der Waals surface area (Å²) in [6.07, 6.45) is 0. The second-order valence-electron chi connectivity index (χ2n) is 4.82. The molecule has 0 aromatic heterocycles. The Bertz CT molecular complexity index is 421. The molecular weight excluding hydrogens is 235 g/mol. The fourth-order valence-electron chi connectivity index (χ4n) is 1.83. The topological polar surface area (TPSA) is 66.6 Å². The molecule has 1 rings (SSSR count). The van der Waals surface area contributed by atoms with Gasteiger partial charge in [-0.15, -0.1) is 0 Å². The van der Waals surface area contributed by atoms with E-state index < -0.39 is 11.7 Å². The maximum absolute atomic E-state index is 13.2. The first-order chi connectivity index (χ1) is 8.38. The third-order valence-corrected chi connectivity index (χ3v) is 2.42. The first kappa shape index (κ1) is 14.4. The van der Waals surface area contributed by atoms with Gasteiger partial charge in [0.1, 0.15) is 0 Å². The average molecular weight is 254 g/mol. The first-order valence-corrected chi connectivity index (χ1v) is 5.86. The molecule has 0 spiro atoms. The summed E-state index contributed by atoms with van der Waals surface area (Å²) >= 11 is 0. The predicted molar refractivity (Wildman–Crippen MR) is 67.4 cm³/mol. The lowest BCUT2D eigenvalue weighted by Crippen LogP contribution is -2.35. The lowest BCUT2D eigenvalue weighted by Gasteiger charge is -2.22. The molecule has 4 nitrogen and oxygen atoms in total. The van der Waals surface area contributed by atoms with Crippen LogP contribution in [0.2, 0.25) is 0 Å². The van der Waals surface area contributed by atoms with Gasteiger partial charge in [0.2, 0.25) is 5.91 Å². The maximum atomic E-state index is 13.2. The van der Waals surface area contributed by atoms with Crippen LogP contribution >= 0.6 is 0 Å². The second-order valence-corrected chi connectivity index (χ2v) is 4.82. The number of primary amides is 1. The van der Waals surface area contributed by atoms with Crippen LogP contribution in [0.15, 0.2) is 18.2 Å². The zero-order valence-electron chi connectivity index (χ0n) is 10.7. The van der Waals surface area contributed by atoms with Crippen LogP contribution in [0.25, 0.3) is 0 Å². The molecule has 0 heterocycles. The van der Waals surface area contributed by atoms with E-state index in [1.807, 2.05) is 18.7 Å². The number of rotatable bonds is 6. The Morgan fingerprint density at radius 1 is 1.50 bits per heavy atom. The Morgan fingerprint density at radius 3 is 2.67 bits per heavy atom. The zero-order chi connectivity index (χ0) is 13.7. The lowest BCUT2D eigenvalue weighted by atomic mass is 10.1. The van der Waals surface area contributed by atoms with Crippen LogP contribution in [0, 0.1) is 11.7 Å². The van der Waals surface area contributed by atoms with Crippen molar-refractivity contribution in [3.05, 3.63) is 29.6 Å². The summed E-state index contributed by atoms with van der Waals surface area (Å²) in [5, 5.41) is 9.11. The number of carbonyl (C=O) groups excluding carboxylic acids is 1. The molecule has 3 N–H and O–H groups in total. The van der Waals surface area contributed by atoms with E-state index in [1.54, 1.807) is 6.07 Å². The lowest BCUT2D eigenvalue weighted by molar-refractivity contribution is -0.119. The van der Waals surface area contributed by atoms with Gasteiger partial charge >= 0.3 is 0 Å². The number of halogens is 1. The molecule has 1 aromatic rings. The van der Waals surface area contributed by atoms with Gasteiger partial charge in [-0.2, -0.15) is 0 Å². The monoisotopic (exact) mass is 254 g/mol. The maximum Gasteiger partial charge on any atom is 0.231 e. The summed E-state index contributed by atoms with van der Waals surface area (Å²) in [6.45, 7) is 5.33. The molecule has 0 aliphatic heterocycles. The Balaban J connectivity index is 2.74. The van der Waals surface area contributed by atoms with E-state index in [4.69, 9.17) is 10.8 Å². The molecule has 0 saturated heterocycles. The predicted octanol–water partition coefficient (Wildman–Crippen LogP) is 1.47. The van der Waals surface area contributed by atoms with Gasteiger partial charge in [0.15, 0.2) is 11.6 Å². The van der Waals surface area contributed by atoms with Gasteiger partial charge in [0.25, 0.3) is 0 Å². The summed E-state index contributed by atoms with van der Waals surface area (Å²) in [5.41, 5.74) is 5.88. The summed E-state index contributed by atoms with van der Waals surface area (Å²) in [5.74, 6) is -1.05. The van der Waals surface area contributed by atoms with E-state index in [9.17, 15) is 9.18 Å². The summed E-state index contributed by atoms with van der Waals surface area (Å²) in [7, 11) is 0. The van der Waals surface area contributed by atoms with Crippen molar-refractivity contribution < 1.29 is 14.3 Å². The van der Waals surface area contributed by atoms with Crippen molar-refractivity contribution in [2.24, 2.45) is 11.7 Å². The molecule has 0 saturated carbocycles. The Hall–Kier alpha value is -1.62. The normalized spacial score (nSPS) is 11.2. The number of aromatic hydroxyl groups is 1. The fourth-order valence-corrected chi connectivity index (χ4v) is 1.83. The van der Waals surface area contributed by atoms with E-state index in [0.29, 0.717) is 24.6 Å². The molecule has 0 unspecified atom stereocenters. The van der Waals surface area contributed by atoms with Gasteiger partial charge in [0, 0.05) is 13.1 Å². The van der Waals surface area contributed by atoms with Crippen molar-refractivity contribution in [1.29, 1.82) is 0 Å². The minimum atomic E-state index is -0.656. The van der Waals surface area contributed by atoms with Crippen LogP contribution < -0.4 is 5.73 Å². The van der Waals surface area contributed by atoms with E-state index in [-0.39, 0.29) is 12.3 Å². The number of nitrogens with zero attached hydrogens (tertiary/aromatic N) is 1. The quantitative estimate of drug-likeness (QED) is 0.808. The van der Waals surface area contributed by atoms with Gasteiger partial charge < -0.3 is 10.8 Å². The van der Waals surface area contributed by atoms with Gasteiger partial charge in [-0.05, 0) is 23.6 Å². The van der Waals surface area contributed by atoms with Crippen LogP contribution in [0.3, 0.4) is 0 Å². The van der Waals surface area contributed by atoms with Crippen molar-refractivity contribution in [2.75, 3.05) is 13.1 Å². The Morgan fingerprint density at radius 2 is 2.17 bits per heavy atom. The highest BCUT2D eigenvalue weighted by Crippen LogP contribution is 2.17. The first-order valence-electron chi connectivity index (χ1n) is 5.86. The zero-order valence-corrected chi connectivity index (χ0v) is 10.7. The van der Waals surface area contributed by atoms with E-state index in [1.165, 1.54) is 12.1 Å². The van der Waals surface area contributed by atoms with Gasteiger partial charge in [0.05, 0.1) is 6.54 Å². The van der Waals surface area contributed by atoms with Gasteiger partial charge in [-0.25, -0.2) is 4.39 Å². The average Bonchev–Trinajstić information content (AvgIpc) is 2.21. The highest BCUT2D eigenvalue weighted by molar-refractivity contribution is 5.75. The van der Waals surface area contributed by atoms with Gasteiger partial charge in [-0.1, -0.05) is 19.9 Å². The highest BCUT2D eigenvalue weighted by atomic mass is 19.1. The largest absolute Gasteiger partial charge is 0.505 e. The van der Waals surface area contributed by atoms with Crippen molar-refractivity contribution in [3.8, 4) is 5.75 Å². The fraction of sp³-hybridized carbons (Fsp3) is 0.462. The van der Waals surface area contributed by atoms with E-state index >= 15 is 0 Å². The van der Waals surface area contributed by atoms with Gasteiger partial charge in [-0.3, -0.25) is 9.69 Å². The van der Waals surface area contributed by atoms with E-state index in [0.717, 1.165) is 0 Å². The smallest absolute Gasteiger partial charge is 0.231 e. The SMILES string of the molecule is CC(C)CN(CC(N)=O)Cc1ccc(O)c(F)c1. The number of phenolic OH excluding ortho intramolecular Hbond substituents is 1. The van der Waals surface area contributed by atoms with Crippen LogP contribution in [0.5, 0.6) is 5.75 Å². The van der Waals surface area contributed by atoms with Crippen LogP contribution in [-0.4, -0.2) is 29.0 Å². The van der Waals surface area contributed by atoms with Crippen molar-refractivity contribution in [1.82, 2.24) is 4.90 Å². The van der Waals surface area contributed by atoms with Crippen LogP contribution in [-0.2, 0) is 11.3 Å². The minimum absolute atomic E-state index is 0.140. The van der Waals surface area contributed by atoms with Crippen LogP contribution in [0.1, 0.15) is 19.4 Å². The third kappa shape index (κ3) is 4.71. The van der Waals surface area contributed by atoms with Crippen LogP contribution in [0.4, 0.5) is 4.39 Å². The Kier molecular flexibility index (Phi) is 5.09. The Labute approximate surface area is 106 Å². The molecular formula is C13H19FN2O2. The molecule has 5 heteroatoms. The molecule has 1 aromatic carbocycles. The number of phenols is 1. The highest BCUT2D eigenvalue weighted by Gasteiger charge is 2.12. The number of hydrogen-bond acceptors (Lipinski definition) is 3. The molecule has 0 radical (unpaired) electrons. The molecule has 0 aliphatic carbocycles. The molecule has 1 amide bonds. The molecule has 18 heavy (non-hydrogen) atoms. The molecule has 100 valence electrons. The van der Waals surface area contributed by atoms with Crippen molar-refractivity contribution in [3.63, 3.8) is 0 Å². The number of hydrogen-bond donors (Lipinski definition) is 2. The van der Waals surface area contributed by atoms with E-state index in [2.05, 4.69) is 0 Å². The minimum Gasteiger partial charge on any atom is -0.505 e. The summed E-state index contributed by atoms with van der Waals surface area (Å²) in [6, 6.07) is 4.21. The molecule has 0 fully saturated rings. The summed E-state index contributed by atoms with van der Waals surface area (Å²) < 4.78 is 13.2. The van der Waals surface area contributed by atoms with Crippen molar-refractivity contribution in [2.45, 2.75) is 20.4 Å².